The van der Waals surface area contributed by atoms with Gasteiger partial charge in [-0.1, -0.05) is 6.07 Å². The zero-order valence-electron chi connectivity index (χ0n) is 9.43. The summed E-state index contributed by atoms with van der Waals surface area (Å²) < 4.78 is 6.03. The molecule has 0 unspecified atom stereocenters. The number of aromatic hydroxyl groups is 1. The van der Waals surface area contributed by atoms with Crippen molar-refractivity contribution in [3.05, 3.63) is 28.2 Å². The molecule has 1 atom stereocenters. The Kier molecular flexibility index (Phi) is 5.73. The molecule has 0 aliphatic carbocycles. The van der Waals surface area contributed by atoms with Gasteiger partial charge >= 0.3 is 0 Å². The van der Waals surface area contributed by atoms with Gasteiger partial charge in [0.05, 0.1) is 4.47 Å². The second-order valence-electron chi connectivity index (χ2n) is 4.19. The predicted octanol–water partition coefficient (Wildman–Crippen LogP) is 3.00. The fourth-order valence-electron chi connectivity index (χ4n) is 2.08. The number of benzene rings is 1. The number of hydrogen-bond donors (Lipinski definition) is 2. The van der Waals surface area contributed by atoms with E-state index in [9.17, 15) is 5.11 Å². The van der Waals surface area contributed by atoms with Crippen LogP contribution in [0.4, 0.5) is 0 Å². The van der Waals surface area contributed by atoms with Crippen molar-refractivity contribution in [2.24, 2.45) is 11.7 Å². The maximum absolute atomic E-state index is 9.43. The van der Waals surface area contributed by atoms with E-state index in [0.29, 0.717) is 10.4 Å². The minimum atomic E-state index is 0. The minimum absolute atomic E-state index is 0. The summed E-state index contributed by atoms with van der Waals surface area (Å²) in [5, 5.41) is 9.43. The van der Waals surface area contributed by atoms with Crippen molar-refractivity contribution in [2.45, 2.75) is 18.9 Å². The summed E-state index contributed by atoms with van der Waals surface area (Å²) in [6, 6.07) is 5.50. The van der Waals surface area contributed by atoms with Crippen LogP contribution in [0.1, 0.15) is 24.4 Å². The Labute approximate surface area is 116 Å². The molecule has 0 amide bonds. The first-order valence-corrected chi connectivity index (χ1v) is 6.29. The van der Waals surface area contributed by atoms with Crippen LogP contribution in [0.5, 0.6) is 5.75 Å². The Morgan fingerprint density at radius 2 is 2.00 bits per heavy atom. The van der Waals surface area contributed by atoms with Gasteiger partial charge < -0.3 is 15.6 Å². The van der Waals surface area contributed by atoms with Crippen molar-refractivity contribution in [2.75, 3.05) is 13.2 Å². The maximum atomic E-state index is 9.43. The van der Waals surface area contributed by atoms with Gasteiger partial charge in [-0.05, 0) is 52.4 Å². The molecule has 1 aliphatic heterocycles. The van der Waals surface area contributed by atoms with E-state index < -0.39 is 0 Å². The van der Waals surface area contributed by atoms with E-state index in [0.717, 1.165) is 31.6 Å². The summed E-state index contributed by atoms with van der Waals surface area (Å²) in [5.74, 6) is 0.730. The standard InChI is InChI=1S/C12H16BrNO2.ClH/c13-10-7-9(1-2-11(10)15)12(14)8-3-5-16-6-4-8;/h1-2,7-8,12,15H,3-6,14H2;1H/t12-;/m1./s1. The van der Waals surface area contributed by atoms with Crippen LogP contribution >= 0.6 is 28.3 Å². The lowest BCUT2D eigenvalue weighted by atomic mass is 9.88. The first kappa shape index (κ1) is 14.8. The van der Waals surface area contributed by atoms with Crippen molar-refractivity contribution >= 4 is 28.3 Å². The molecular weight excluding hydrogens is 305 g/mol. The zero-order valence-corrected chi connectivity index (χ0v) is 11.8. The van der Waals surface area contributed by atoms with Gasteiger partial charge in [-0.2, -0.15) is 0 Å². The van der Waals surface area contributed by atoms with Crippen molar-refractivity contribution in [1.82, 2.24) is 0 Å². The van der Waals surface area contributed by atoms with Gasteiger partial charge in [-0.15, -0.1) is 12.4 Å². The van der Waals surface area contributed by atoms with E-state index in [1.165, 1.54) is 0 Å². The van der Waals surface area contributed by atoms with E-state index in [-0.39, 0.29) is 24.2 Å². The average molecular weight is 323 g/mol. The number of ether oxygens (including phenoxy) is 1. The molecule has 0 saturated carbocycles. The van der Waals surface area contributed by atoms with Crippen molar-refractivity contribution < 1.29 is 9.84 Å². The van der Waals surface area contributed by atoms with Crippen LogP contribution in [0.3, 0.4) is 0 Å². The van der Waals surface area contributed by atoms with E-state index in [1.54, 1.807) is 6.07 Å². The summed E-state index contributed by atoms with van der Waals surface area (Å²) in [6.07, 6.45) is 2.03. The highest BCUT2D eigenvalue weighted by Crippen LogP contribution is 2.32. The smallest absolute Gasteiger partial charge is 0.129 e. The molecule has 0 spiro atoms. The number of phenols is 1. The molecule has 1 aliphatic rings. The third-order valence-electron chi connectivity index (χ3n) is 3.13. The summed E-state index contributed by atoms with van der Waals surface area (Å²) in [4.78, 5) is 0. The summed E-state index contributed by atoms with van der Waals surface area (Å²) in [6.45, 7) is 1.61. The molecule has 1 saturated heterocycles. The van der Waals surface area contributed by atoms with E-state index >= 15 is 0 Å². The van der Waals surface area contributed by atoms with Crippen LogP contribution in [0.2, 0.25) is 0 Å². The van der Waals surface area contributed by atoms with Crippen LogP contribution in [0.15, 0.2) is 22.7 Å². The number of hydrogen-bond acceptors (Lipinski definition) is 3. The molecule has 1 heterocycles. The molecule has 2 rings (SSSR count). The lowest BCUT2D eigenvalue weighted by Gasteiger charge is -2.28. The third-order valence-corrected chi connectivity index (χ3v) is 3.77. The molecule has 3 N–H and O–H groups in total. The Morgan fingerprint density at radius 3 is 2.59 bits per heavy atom. The molecule has 3 nitrogen and oxygen atoms in total. The molecule has 0 radical (unpaired) electrons. The summed E-state index contributed by atoms with van der Waals surface area (Å²) >= 11 is 3.31. The topological polar surface area (TPSA) is 55.5 Å². The molecule has 1 fully saturated rings. The Bertz CT molecular complexity index is 370. The van der Waals surface area contributed by atoms with Gasteiger partial charge in [0.15, 0.2) is 0 Å². The van der Waals surface area contributed by atoms with Gasteiger partial charge in [-0.3, -0.25) is 0 Å². The molecular formula is C12H17BrClNO2. The first-order valence-electron chi connectivity index (χ1n) is 5.50. The summed E-state index contributed by atoms with van der Waals surface area (Å²) in [7, 11) is 0. The van der Waals surface area contributed by atoms with Crippen molar-refractivity contribution in [3.63, 3.8) is 0 Å². The Morgan fingerprint density at radius 1 is 1.35 bits per heavy atom. The van der Waals surface area contributed by atoms with E-state index in [2.05, 4.69) is 15.9 Å². The van der Waals surface area contributed by atoms with Gasteiger partial charge in [-0.25, -0.2) is 0 Å². The van der Waals surface area contributed by atoms with Crippen LogP contribution < -0.4 is 5.73 Å². The van der Waals surface area contributed by atoms with E-state index in [4.69, 9.17) is 10.5 Å². The van der Waals surface area contributed by atoms with Gasteiger partial charge in [0.2, 0.25) is 0 Å². The largest absolute Gasteiger partial charge is 0.507 e. The highest BCUT2D eigenvalue weighted by molar-refractivity contribution is 9.10. The molecule has 17 heavy (non-hydrogen) atoms. The first-order chi connectivity index (χ1) is 7.68. The normalized spacial score (nSPS) is 18.5. The quantitative estimate of drug-likeness (QED) is 0.880. The molecule has 5 heteroatoms. The van der Waals surface area contributed by atoms with Crippen LogP contribution in [-0.4, -0.2) is 18.3 Å². The van der Waals surface area contributed by atoms with Crippen LogP contribution in [-0.2, 0) is 4.74 Å². The molecule has 1 aromatic rings. The monoisotopic (exact) mass is 321 g/mol. The lowest BCUT2D eigenvalue weighted by molar-refractivity contribution is 0.0583. The van der Waals surface area contributed by atoms with E-state index in [1.807, 2.05) is 12.1 Å². The van der Waals surface area contributed by atoms with Crippen LogP contribution in [0.25, 0.3) is 0 Å². The third kappa shape index (κ3) is 3.58. The van der Waals surface area contributed by atoms with Crippen molar-refractivity contribution in [3.8, 4) is 5.75 Å². The number of nitrogens with two attached hydrogens (primary N) is 1. The second-order valence-corrected chi connectivity index (χ2v) is 5.04. The molecule has 0 bridgehead atoms. The Balaban J connectivity index is 0.00000144. The maximum Gasteiger partial charge on any atom is 0.129 e. The number of rotatable bonds is 2. The zero-order chi connectivity index (χ0) is 11.5. The second kappa shape index (κ2) is 6.59. The number of phenolic OH excluding ortho intramolecular Hbond substituents is 1. The SMILES string of the molecule is Cl.N[C@@H](c1ccc(O)c(Br)c1)C1CCOCC1. The molecule has 96 valence electrons. The van der Waals surface area contributed by atoms with Gasteiger partial charge in [0, 0.05) is 19.3 Å². The van der Waals surface area contributed by atoms with Gasteiger partial charge in [0.25, 0.3) is 0 Å². The fourth-order valence-corrected chi connectivity index (χ4v) is 2.47. The predicted molar refractivity (Wildman–Crippen MR) is 73.5 cm³/mol. The van der Waals surface area contributed by atoms with Gasteiger partial charge in [0.1, 0.15) is 5.75 Å². The minimum Gasteiger partial charge on any atom is -0.507 e. The molecule has 1 aromatic carbocycles. The lowest BCUT2D eigenvalue weighted by Crippen LogP contribution is -2.27. The fraction of sp³-hybridized carbons (Fsp3) is 0.500. The highest BCUT2D eigenvalue weighted by Gasteiger charge is 2.22. The molecule has 0 aromatic heterocycles. The Hall–Kier alpha value is -0.290. The number of halogens is 2. The van der Waals surface area contributed by atoms with Crippen LogP contribution in [0, 0.1) is 5.92 Å². The average Bonchev–Trinajstić information content (AvgIpc) is 2.33. The summed E-state index contributed by atoms with van der Waals surface area (Å²) in [5.41, 5.74) is 7.30. The van der Waals surface area contributed by atoms with Crippen molar-refractivity contribution in [1.29, 1.82) is 0 Å². The highest BCUT2D eigenvalue weighted by atomic mass is 79.9.